The van der Waals surface area contributed by atoms with Crippen molar-refractivity contribution in [2.45, 2.75) is 19.3 Å². The van der Waals surface area contributed by atoms with Gasteiger partial charge in [-0.25, -0.2) is 0 Å². The fourth-order valence-corrected chi connectivity index (χ4v) is 1.90. The van der Waals surface area contributed by atoms with E-state index in [2.05, 4.69) is 14.4 Å². The molecule has 0 saturated heterocycles. The second-order valence-corrected chi connectivity index (χ2v) is 4.32. The molecule has 0 amide bonds. The van der Waals surface area contributed by atoms with E-state index in [0.29, 0.717) is 0 Å². The van der Waals surface area contributed by atoms with Crippen molar-refractivity contribution in [1.82, 2.24) is 0 Å². The van der Waals surface area contributed by atoms with E-state index in [1.807, 2.05) is 38.1 Å². The molecule has 0 aliphatic carbocycles. The lowest BCUT2D eigenvalue weighted by atomic mass is 9.83. The van der Waals surface area contributed by atoms with Crippen LogP contribution in [-0.4, -0.2) is 11.0 Å². The predicted octanol–water partition coefficient (Wildman–Crippen LogP) is 1.21. The second kappa shape index (κ2) is 3.97. The summed E-state index contributed by atoms with van der Waals surface area (Å²) in [6.07, 6.45) is 0. The average Bonchev–Trinajstić information content (AvgIpc) is 2.17. The summed E-state index contributed by atoms with van der Waals surface area (Å²) in [6, 6.07) is 7.84. The first-order chi connectivity index (χ1) is 6.50. The Hall–Kier alpha value is -1.08. The Bertz CT molecular complexity index is 361. The predicted molar refractivity (Wildman–Crippen MR) is 62.2 cm³/mol. The number of oxime groups is 1. The highest BCUT2D eigenvalue weighted by atomic mass is 31.0. The van der Waals surface area contributed by atoms with Gasteiger partial charge in [-0.3, -0.25) is 0 Å². The zero-order valence-corrected chi connectivity index (χ0v) is 9.51. The standard InChI is InChI=1S/C10H15N2OP/c1-10(2,9(11)12-13)7-5-3-4-6-8(7)14/h3-6,13H,14H2,1-2H3,(H2,11,12). The van der Waals surface area contributed by atoms with Crippen LogP contribution in [0.4, 0.5) is 0 Å². The van der Waals surface area contributed by atoms with Crippen LogP contribution in [0.1, 0.15) is 19.4 Å². The summed E-state index contributed by atoms with van der Waals surface area (Å²) in [5.74, 6) is 0.215. The zero-order chi connectivity index (χ0) is 10.8. The lowest BCUT2D eigenvalue weighted by molar-refractivity contribution is 0.313. The van der Waals surface area contributed by atoms with Gasteiger partial charge in [0.2, 0.25) is 0 Å². The van der Waals surface area contributed by atoms with Crippen molar-refractivity contribution in [3.05, 3.63) is 29.8 Å². The number of nitrogens with zero attached hydrogens (tertiary/aromatic N) is 1. The average molecular weight is 210 g/mol. The summed E-state index contributed by atoms with van der Waals surface area (Å²) in [7, 11) is 2.65. The Kier molecular flexibility index (Phi) is 3.12. The minimum Gasteiger partial charge on any atom is -0.409 e. The monoisotopic (exact) mass is 210 g/mol. The maximum atomic E-state index is 8.68. The van der Waals surface area contributed by atoms with Gasteiger partial charge in [0.1, 0.15) is 5.84 Å². The number of rotatable bonds is 2. The van der Waals surface area contributed by atoms with Gasteiger partial charge in [0, 0.05) is 0 Å². The van der Waals surface area contributed by atoms with Crippen LogP contribution in [0.5, 0.6) is 0 Å². The summed E-state index contributed by atoms with van der Waals surface area (Å²) >= 11 is 0. The molecule has 0 aliphatic rings. The van der Waals surface area contributed by atoms with Gasteiger partial charge in [-0.1, -0.05) is 29.4 Å². The molecule has 4 heteroatoms. The van der Waals surface area contributed by atoms with Crippen molar-refractivity contribution in [3.8, 4) is 0 Å². The highest BCUT2D eigenvalue weighted by Crippen LogP contribution is 2.22. The minimum atomic E-state index is -0.451. The van der Waals surface area contributed by atoms with E-state index in [4.69, 9.17) is 10.9 Å². The Morgan fingerprint density at radius 2 is 2.00 bits per heavy atom. The van der Waals surface area contributed by atoms with Gasteiger partial charge < -0.3 is 10.9 Å². The Balaban J connectivity index is 3.23. The molecule has 1 rings (SSSR count). The molecule has 0 aliphatic heterocycles. The number of benzene rings is 1. The van der Waals surface area contributed by atoms with E-state index in [1.54, 1.807) is 0 Å². The van der Waals surface area contributed by atoms with E-state index >= 15 is 0 Å². The van der Waals surface area contributed by atoms with Crippen LogP contribution in [0.15, 0.2) is 29.4 Å². The molecule has 1 unspecified atom stereocenters. The van der Waals surface area contributed by atoms with Crippen molar-refractivity contribution in [2.24, 2.45) is 10.9 Å². The first kappa shape index (κ1) is 11.0. The first-order valence-electron chi connectivity index (χ1n) is 4.33. The van der Waals surface area contributed by atoms with Crippen LogP contribution in [0.3, 0.4) is 0 Å². The Morgan fingerprint density at radius 1 is 1.43 bits per heavy atom. The third-order valence-electron chi connectivity index (χ3n) is 2.38. The molecule has 1 atom stereocenters. The molecule has 14 heavy (non-hydrogen) atoms. The topological polar surface area (TPSA) is 58.6 Å². The third-order valence-corrected chi connectivity index (χ3v) is 2.89. The highest BCUT2D eigenvalue weighted by molar-refractivity contribution is 7.27. The van der Waals surface area contributed by atoms with Crippen LogP contribution < -0.4 is 11.0 Å². The summed E-state index contributed by atoms with van der Waals surface area (Å²) in [6.45, 7) is 3.84. The van der Waals surface area contributed by atoms with Crippen molar-refractivity contribution in [1.29, 1.82) is 0 Å². The van der Waals surface area contributed by atoms with E-state index in [0.717, 1.165) is 10.9 Å². The van der Waals surface area contributed by atoms with E-state index in [9.17, 15) is 0 Å². The Morgan fingerprint density at radius 3 is 2.50 bits per heavy atom. The maximum absolute atomic E-state index is 8.68. The molecule has 1 aromatic rings. The highest BCUT2D eigenvalue weighted by Gasteiger charge is 2.27. The fraction of sp³-hybridized carbons (Fsp3) is 0.300. The van der Waals surface area contributed by atoms with Crippen LogP contribution in [0, 0.1) is 0 Å². The normalized spacial score (nSPS) is 12.9. The van der Waals surface area contributed by atoms with E-state index < -0.39 is 5.41 Å². The minimum absolute atomic E-state index is 0.215. The quantitative estimate of drug-likeness (QED) is 0.253. The number of amidine groups is 1. The van der Waals surface area contributed by atoms with E-state index in [1.165, 1.54) is 0 Å². The molecule has 0 fully saturated rings. The van der Waals surface area contributed by atoms with Crippen LogP contribution in [0.25, 0.3) is 0 Å². The number of hydrogen-bond acceptors (Lipinski definition) is 2. The van der Waals surface area contributed by atoms with Gasteiger partial charge in [0.15, 0.2) is 0 Å². The van der Waals surface area contributed by atoms with Crippen LogP contribution >= 0.6 is 9.24 Å². The lowest BCUT2D eigenvalue weighted by Gasteiger charge is -2.25. The number of hydrogen-bond donors (Lipinski definition) is 2. The maximum Gasteiger partial charge on any atom is 0.149 e. The molecule has 0 saturated carbocycles. The second-order valence-electron chi connectivity index (χ2n) is 3.70. The molecular weight excluding hydrogens is 195 g/mol. The van der Waals surface area contributed by atoms with Gasteiger partial charge in [-0.15, -0.1) is 9.24 Å². The molecule has 76 valence electrons. The van der Waals surface area contributed by atoms with Gasteiger partial charge in [0.25, 0.3) is 0 Å². The van der Waals surface area contributed by atoms with Gasteiger partial charge in [-0.05, 0) is 24.7 Å². The number of nitrogens with two attached hydrogens (primary N) is 1. The summed E-state index contributed by atoms with van der Waals surface area (Å²) in [4.78, 5) is 0. The van der Waals surface area contributed by atoms with E-state index in [-0.39, 0.29) is 5.84 Å². The van der Waals surface area contributed by atoms with Gasteiger partial charge in [0.05, 0.1) is 5.41 Å². The molecule has 0 heterocycles. The molecule has 0 bridgehead atoms. The lowest BCUT2D eigenvalue weighted by Crippen LogP contribution is -2.38. The Labute approximate surface area is 86.2 Å². The smallest absolute Gasteiger partial charge is 0.149 e. The van der Waals surface area contributed by atoms with Gasteiger partial charge in [-0.2, -0.15) is 0 Å². The van der Waals surface area contributed by atoms with Crippen LogP contribution in [0.2, 0.25) is 0 Å². The largest absolute Gasteiger partial charge is 0.409 e. The van der Waals surface area contributed by atoms with Crippen molar-refractivity contribution >= 4 is 20.4 Å². The van der Waals surface area contributed by atoms with Crippen molar-refractivity contribution < 1.29 is 5.21 Å². The summed E-state index contributed by atoms with van der Waals surface area (Å²) < 4.78 is 0. The molecule has 3 N–H and O–H groups in total. The molecule has 0 radical (unpaired) electrons. The third kappa shape index (κ3) is 1.88. The van der Waals surface area contributed by atoms with Crippen LogP contribution in [-0.2, 0) is 5.41 Å². The summed E-state index contributed by atoms with van der Waals surface area (Å²) in [5, 5.41) is 12.8. The van der Waals surface area contributed by atoms with Gasteiger partial charge >= 0.3 is 0 Å². The summed E-state index contributed by atoms with van der Waals surface area (Å²) in [5.41, 5.74) is 6.23. The SMILES string of the molecule is CC(C)(/C(N)=N/O)c1ccccc1P. The molecule has 0 aromatic heterocycles. The molecule has 1 aromatic carbocycles. The first-order valence-corrected chi connectivity index (χ1v) is 4.91. The molecular formula is C10H15N2OP. The van der Waals surface area contributed by atoms with Crippen molar-refractivity contribution in [2.75, 3.05) is 0 Å². The molecule has 0 spiro atoms. The van der Waals surface area contributed by atoms with Crippen molar-refractivity contribution in [3.63, 3.8) is 0 Å². The fourth-order valence-electron chi connectivity index (χ4n) is 1.33. The molecule has 3 nitrogen and oxygen atoms in total. The zero-order valence-electron chi connectivity index (χ0n) is 8.36.